The Morgan fingerprint density at radius 2 is 1.46 bits per heavy atom. The van der Waals surface area contributed by atoms with Crippen molar-refractivity contribution < 1.29 is 28.5 Å². The maximum atomic E-state index is 11.4. The summed E-state index contributed by atoms with van der Waals surface area (Å²) >= 11 is 0. The predicted octanol–water partition coefficient (Wildman–Crippen LogP) is 1.15. The molecule has 0 aromatic carbocycles. The molecule has 1 N–H and O–H groups in total. The van der Waals surface area contributed by atoms with Gasteiger partial charge < -0.3 is 29.0 Å². The molecule has 0 spiro atoms. The molecule has 0 aromatic heterocycles. The molecule has 1 saturated heterocycles. The molecule has 0 amide bonds. The number of rotatable bonds is 12. The van der Waals surface area contributed by atoms with Crippen molar-refractivity contribution in [3.05, 3.63) is 0 Å². The second-order valence-corrected chi connectivity index (χ2v) is 6.68. The number of piperidine rings is 1. The molecule has 0 radical (unpaired) electrons. The van der Waals surface area contributed by atoms with Crippen LogP contribution in [0.25, 0.3) is 0 Å². The Bertz CT molecular complexity index is 326. The number of esters is 1. The van der Waals surface area contributed by atoms with E-state index < -0.39 is 5.60 Å². The van der Waals surface area contributed by atoms with Gasteiger partial charge >= 0.3 is 5.97 Å². The van der Waals surface area contributed by atoms with Gasteiger partial charge in [-0.15, -0.1) is 0 Å². The first-order valence-electron chi connectivity index (χ1n) is 8.75. The lowest BCUT2D eigenvalue weighted by Gasteiger charge is -2.22. The maximum absolute atomic E-state index is 11.4. The average Bonchev–Trinajstić information content (AvgIpc) is 2.52. The van der Waals surface area contributed by atoms with Gasteiger partial charge in [0.2, 0.25) is 0 Å². The quantitative estimate of drug-likeness (QED) is 0.419. The number of ether oxygens (including phenoxy) is 5. The van der Waals surface area contributed by atoms with E-state index in [1.807, 2.05) is 20.8 Å². The molecule has 1 rings (SSSR count). The number of nitrogens with one attached hydrogen (secondary N) is 1. The van der Waals surface area contributed by atoms with Crippen LogP contribution in [-0.2, 0) is 28.5 Å². The number of carbonyl (C=O) groups is 1. The Kier molecular flexibility index (Phi) is 11.2. The standard InChI is InChI=1S/C17H33NO6/c1-17(2,3)24-16(19)14-22-11-10-20-8-9-21-12-13-23-15-4-6-18-7-5-15/h15,18H,4-14H2,1-3H3. The van der Waals surface area contributed by atoms with Crippen molar-refractivity contribution >= 4 is 5.97 Å². The van der Waals surface area contributed by atoms with E-state index in [1.54, 1.807) is 0 Å². The van der Waals surface area contributed by atoms with Crippen LogP contribution >= 0.6 is 0 Å². The summed E-state index contributed by atoms with van der Waals surface area (Å²) in [5.74, 6) is -0.361. The summed E-state index contributed by atoms with van der Waals surface area (Å²) in [6.45, 7) is 10.5. The number of hydrogen-bond donors (Lipinski definition) is 1. The van der Waals surface area contributed by atoms with Crippen LogP contribution in [0.2, 0.25) is 0 Å². The van der Waals surface area contributed by atoms with E-state index in [2.05, 4.69) is 5.32 Å². The van der Waals surface area contributed by atoms with Crippen molar-refractivity contribution in [1.29, 1.82) is 0 Å². The fourth-order valence-electron chi connectivity index (χ4n) is 2.20. The highest BCUT2D eigenvalue weighted by atomic mass is 16.6. The van der Waals surface area contributed by atoms with Crippen LogP contribution in [0.1, 0.15) is 33.6 Å². The lowest BCUT2D eigenvalue weighted by molar-refractivity contribution is -0.160. The minimum atomic E-state index is -0.480. The van der Waals surface area contributed by atoms with Crippen LogP contribution in [0.15, 0.2) is 0 Å². The van der Waals surface area contributed by atoms with Crippen LogP contribution < -0.4 is 5.32 Å². The van der Waals surface area contributed by atoms with E-state index in [9.17, 15) is 4.79 Å². The molecule has 1 heterocycles. The van der Waals surface area contributed by atoms with E-state index in [1.165, 1.54) is 0 Å². The molecule has 142 valence electrons. The van der Waals surface area contributed by atoms with Gasteiger partial charge in [-0.3, -0.25) is 0 Å². The molecule has 0 aromatic rings. The highest BCUT2D eigenvalue weighted by Gasteiger charge is 2.16. The zero-order valence-corrected chi connectivity index (χ0v) is 15.3. The van der Waals surface area contributed by atoms with Crippen molar-refractivity contribution in [2.75, 3.05) is 59.3 Å². The Labute approximate surface area is 145 Å². The smallest absolute Gasteiger partial charge is 0.332 e. The van der Waals surface area contributed by atoms with Crippen molar-refractivity contribution in [2.24, 2.45) is 0 Å². The van der Waals surface area contributed by atoms with E-state index in [4.69, 9.17) is 23.7 Å². The van der Waals surface area contributed by atoms with Crippen LogP contribution in [0, 0.1) is 0 Å². The summed E-state index contributed by atoms with van der Waals surface area (Å²) in [5, 5.41) is 3.31. The summed E-state index contributed by atoms with van der Waals surface area (Å²) in [7, 11) is 0. The zero-order valence-electron chi connectivity index (χ0n) is 15.3. The molecule has 0 saturated carbocycles. The molecule has 0 unspecified atom stereocenters. The monoisotopic (exact) mass is 347 g/mol. The molecule has 1 fully saturated rings. The van der Waals surface area contributed by atoms with E-state index >= 15 is 0 Å². The average molecular weight is 347 g/mol. The highest BCUT2D eigenvalue weighted by Crippen LogP contribution is 2.07. The molecule has 0 aliphatic carbocycles. The fraction of sp³-hybridized carbons (Fsp3) is 0.941. The first-order valence-corrected chi connectivity index (χ1v) is 8.75. The minimum absolute atomic E-state index is 0.0504. The summed E-state index contributed by atoms with van der Waals surface area (Å²) in [6.07, 6.45) is 2.52. The molecule has 0 bridgehead atoms. The minimum Gasteiger partial charge on any atom is -0.458 e. The maximum Gasteiger partial charge on any atom is 0.332 e. The third-order valence-corrected chi connectivity index (χ3v) is 3.25. The molecule has 7 nitrogen and oxygen atoms in total. The van der Waals surface area contributed by atoms with Crippen molar-refractivity contribution in [1.82, 2.24) is 5.32 Å². The van der Waals surface area contributed by atoms with Crippen LogP contribution in [0.5, 0.6) is 0 Å². The SMILES string of the molecule is CC(C)(C)OC(=O)COCCOCCOCCOC1CCNCC1. The van der Waals surface area contributed by atoms with Gasteiger partial charge in [-0.1, -0.05) is 0 Å². The molecular weight excluding hydrogens is 314 g/mol. The van der Waals surface area contributed by atoms with Crippen molar-refractivity contribution in [2.45, 2.75) is 45.3 Å². The lowest BCUT2D eigenvalue weighted by Crippen LogP contribution is -2.33. The topological polar surface area (TPSA) is 75.3 Å². The Hall–Kier alpha value is -0.730. The Morgan fingerprint density at radius 1 is 0.917 bits per heavy atom. The van der Waals surface area contributed by atoms with Crippen LogP contribution in [-0.4, -0.2) is 77.0 Å². The van der Waals surface area contributed by atoms with Gasteiger partial charge in [0.15, 0.2) is 0 Å². The first-order chi connectivity index (χ1) is 11.5. The summed E-state index contributed by atoms with van der Waals surface area (Å²) in [6, 6.07) is 0. The molecular formula is C17H33NO6. The zero-order chi connectivity index (χ0) is 17.7. The van der Waals surface area contributed by atoms with Crippen molar-refractivity contribution in [3.63, 3.8) is 0 Å². The molecule has 1 aliphatic heterocycles. The molecule has 0 atom stereocenters. The van der Waals surface area contributed by atoms with Gasteiger partial charge in [-0.05, 0) is 46.7 Å². The third-order valence-electron chi connectivity index (χ3n) is 3.25. The van der Waals surface area contributed by atoms with Gasteiger partial charge in [0.25, 0.3) is 0 Å². The second-order valence-electron chi connectivity index (χ2n) is 6.68. The Balaban J connectivity index is 1.78. The fourth-order valence-corrected chi connectivity index (χ4v) is 2.20. The van der Waals surface area contributed by atoms with Crippen LogP contribution in [0.4, 0.5) is 0 Å². The first kappa shape index (κ1) is 21.3. The van der Waals surface area contributed by atoms with E-state index in [-0.39, 0.29) is 12.6 Å². The van der Waals surface area contributed by atoms with Gasteiger partial charge in [-0.2, -0.15) is 0 Å². The molecule has 1 aliphatic rings. The number of carbonyl (C=O) groups excluding carboxylic acids is 1. The third kappa shape index (κ3) is 12.7. The summed E-state index contributed by atoms with van der Waals surface area (Å²) < 4.78 is 26.8. The van der Waals surface area contributed by atoms with Gasteiger partial charge in [0.1, 0.15) is 12.2 Å². The van der Waals surface area contributed by atoms with Crippen molar-refractivity contribution in [3.8, 4) is 0 Å². The lowest BCUT2D eigenvalue weighted by atomic mass is 10.1. The summed E-state index contributed by atoms with van der Waals surface area (Å²) in [4.78, 5) is 11.4. The van der Waals surface area contributed by atoms with Gasteiger partial charge in [0, 0.05) is 0 Å². The normalized spacial score (nSPS) is 16.3. The molecule has 24 heavy (non-hydrogen) atoms. The van der Waals surface area contributed by atoms with Crippen LogP contribution in [0.3, 0.4) is 0 Å². The second kappa shape index (κ2) is 12.6. The summed E-state index contributed by atoms with van der Waals surface area (Å²) in [5.41, 5.74) is -0.480. The van der Waals surface area contributed by atoms with Gasteiger partial charge in [0.05, 0.1) is 45.7 Å². The molecule has 7 heteroatoms. The highest BCUT2D eigenvalue weighted by molar-refractivity contribution is 5.71. The Morgan fingerprint density at radius 3 is 2.04 bits per heavy atom. The van der Waals surface area contributed by atoms with E-state index in [0.29, 0.717) is 45.7 Å². The number of hydrogen-bond acceptors (Lipinski definition) is 7. The largest absolute Gasteiger partial charge is 0.458 e. The van der Waals surface area contributed by atoms with E-state index in [0.717, 1.165) is 25.9 Å². The van der Waals surface area contributed by atoms with Gasteiger partial charge in [-0.25, -0.2) is 4.79 Å². The predicted molar refractivity (Wildman–Crippen MR) is 90.1 cm³/mol.